The smallest absolute Gasteiger partial charge is 0.0449 e. The standard InChI is InChI=1S/C6H9NS.C6H7NS/c2*7-5-3-1-2-4-6(5)8/h3-4,8H,1-2,7H2;1-4,8H,7H2. The number of anilines is 1. The van der Waals surface area contributed by atoms with Gasteiger partial charge in [0.2, 0.25) is 0 Å². The third kappa shape index (κ3) is 4.24. The van der Waals surface area contributed by atoms with Crippen LogP contribution in [-0.2, 0) is 0 Å². The monoisotopic (exact) mass is 252 g/mol. The lowest BCUT2D eigenvalue weighted by Crippen LogP contribution is -1.99. The van der Waals surface area contributed by atoms with E-state index in [1.165, 1.54) is 0 Å². The number of allylic oxidation sites excluding steroid dienone is 2. The van der Waals surface area contributed by atoms with Gasteiger partial charge in [0.15, 0.2) is 0 Å². The molecule has 86 valence electrons. The first-order valence-electron chi connectivity index (χ1n) is 5.00. The van der Waals surface area contributed by atoms with E-state index in [4.69, 9.17) is 11.5 Å². The van der Waals surface area contributed by atoms with Gasteiger partial charge < -0.3 is 11.5 Å². The summed E-state index contributed by atoms with van der Waals surface area (Å²) >= 11 is 8.20. The molecule has 0 fully saturated rings. The number of thiol groups is 2. The molecule has 1 aromatic carbocycles. The van der Waals surface area contributed by atoms with Crippen LogP contribution in [0.4, 0.5) is 5.69 Å². The van der Waals surface area contributed by atoms with Crippen LogP contribution in [0.1, 0.15) is 12.8 Å². The molecule has 4 N–H and O–H groups in total. The molecule has 0 atom stereocenters. The number of benzene rings is 1. The molecule has 0 aromatic heterocycles. The Hall–Kier alpha value is -1.00. The molecule has 4 heteroatoms. The SMILES string of the molecule is NC1=CCCC=C1S.Nc1ccccc1S. The van der Waals surface area contributed by atoms with Crippen LogP contribution in [0.2, 0.25) is 0 Å². The lowest BCUT2D eigenvalue weighted by atomic mass is 10.1. The van der Waals surface area contributed by atoms with Crippen LogP contribution >= 0.6 is 25.3 Å². The van der Waals surface area contributed by atoms with Crippen LogP contribution in [0.25, 0.3) is 0 Å². The number of hydrogen-bond acceptors (Lipinski definition) is 4. The molecule has 0 bridgehead atoms. The molecule has 2 rings (SSSR count). The van der Waals surface area contributed by atoms with E-state index in [9.17, 15) is 0 Å². The molecule has 16 heavy (non-hydrogen) atoms. The topological polar surface area (TPSA) is 52.0 Å². The van der Waals surface area contributed by atoms with Crippen molar-refractivity contribution < 1.29 is 0 Å². The molecule has 0 amide bonds. The first-order valence-corrected chi connectivity index (χ1v) is 5.89. The van der Waals surface area contributed by atoms with E-state index >= 15 is 0 Å². The summed E-state index contributed by atoms with van der Waals surface area (Å²) in [5, 5.41) is 0. The Kier molecular flexibility index (Phi) is 5.35. The largest absolute Gasteiger partial charge is 0.398 e. The first-order chi connectivity index (χ1) is 7.61. The number of hydrogen-bond donors (Lipinski definition) is 4. The summed E-state index contributed by atoms with van der Waals surface area (Å²) in [6.45, 7) is 0. The van der Waals surface area contributed by atoms with E-state index in [0.29, 0.717) is 0 Å². The Morgan fingerprint density at radius 1 is 0.938 bits per heavy atom. The van der Waals surface area contributed by atoms with Crippen LogP contribution in [0.15, 0.2) is 51.9 Å². The van der Waals surface area contributed by atoms with Crippen molar-refractivity contribution in [1.29, 1.82) is 0 Å². The molecule has 0 radical (unpaired) electrons. The summed E-state index contributed by atoms with van der Waals surface area (Å²) in [4.78, 5) is 1.77. The number of rotatable bonds is 0. The van der Waals surface area contributed by atoms with E-state index in [1.807, 2.05) is 36.4 Å². The van der Waals surface area contributed by atoms with Gasteiger partial charge >= 0.3 is 0 Å². The van der Waals surface area contributed by atoms with Gasteiger partial charge in [-0.3, -0.25) is 0 Å². The van der Waals surface area contributed by atoms with Crippen molar-refractivity contribution in [3.05, 3.63) is 47.0 Å². The highest BCUT2D eigenvalue weighted by Crippen LogP contribution is 2.16. The highest BCUT2D eigenvalue weighted by Gasteiger charge is 1.97. The fourth-order valence-corrected chi connectivity index (χ4v) is 1.55. The molecule has 1 aromatic rings. The molecule has 0 saturated heterocycles. The van der Waals surface area contributed by atoms with Gasteiger partial charge in [-0.15, -0.1) is 25.3 Å². The summed E-state index contributed by atoms with van der Waals surface area (Å²) in [5.74, 6) is 0. The maximum atomic E-state index is 5.49. The Bertz CT molecular complexity index is 372. The van der Waals surface area contributed by atoms with Crippen LogP contribution < -0.4 is 11.5 Å². The Morgan fingerprint density at radius 2 is 1.56 bits per heavy atom. The minimum atomic E-state index is 0.732. The third-order valence-electron chi connectivity index (χ3n) is 2.10. The highest BCUT2D eigenvalue weighted by molar-refractivity contribution is 7.84. The normalized spacial score (nSPS) is 14.4. The fraction of sp³-hybridized carbons (Fsp3) is 0.167. The molecule has 1 aliphatic carbocycles. The predicted octanol–water partition coefficient (Wildman–Crippen LogP) is 2.99. The van der Waals surface area contributed by atoms with Gasteiger partial charge in [-0.05, 0) is 25.0 Å². The van der Waals surface area contributed by atoms with Gasteiger partial charge in [0.05, 0.1) is 0 Å². The highest BCUT2D eigenvalue weighted by atomic mass is 32.1. The quantitative estimate of drug-likeness (QED) is 0.424. The van der Waals surface area contributed by atoms with Crippen molar-refractivity contribution in [1.82, 2.24) is 0 Å². The van der Waals surface area contributed by atoms with Crippen LogP contribution in [0.3, 0.4) is 0 Å². The Morgan fingerprint density at radius 3 is 1.94 bits per heavy atom. The number of nitrogens with two attached hydrogens (primary N) is 2. The zero-order chi connectivity index (χ0) is 12.0. The second kappa shape index (κ2) is 6.55. The van der Waals surface area contributed by atoms with Crippen molar-refractivity contribution >= 4 is 30.9 Å². The average molecular weight is 252 g/mol. The second-order valence-corrected chi connectivity index (χ2v) is 4.35. The predicted molar refractivity (Wildman–Crippen MR) is 76.7 cm³/mol. The summed E-state index contributed by atoms with van der Waals surface area (Å²) in [6.07, 6.45) is 6.19. The van der Waals surface area contributed by atoms with Crippen LogP contribution in [-0.4, -0.2) is 0 Å². The lowest BCUT2D eigenvalue weighted by Gasteiger charge is -2.04. The first kappa shape index (κ1) is 13.1. The van der Waals surface area contributed by atoms with E-state index in [-0.39, 0.29) is 0 Å². The molecular weight excluding hydrogens is 236 g/mol. The van der Waals surface area contributed by atoms with E-state index < -0.39 is 0 Å². The molecule has 0 aliphatic heterocycles. The zero-order valence-electron chi connectivity index (χ0n) is 8.93. The Balaban J connectivity index is 0.000000160. The molecule has 0 saturated carbocycles. The van der Waals surface area contributed by atoms with Gasteiger partial charge in [-0.25, -0.2) is 0 Å². The third-order valence-corrected chi connectivity index (χ3v) is 2.95. The number of para-hydroxylation sites is 1. The van der Waals surface area contributed by atoms with Crippen molar-refractivity contribution in [3.8, 4) is 0 Å². The lowest BCUT2D eigenvalue weighted by molar-refractivity contribution is 1.01. The molecule has 1 aliphatic rings. The van der Waals surface area contributed by atoms with Crippen LogP contribution in [0, 0.1) is 0 Å². The van der Waals surface area contributed by atoms with Crippen molar-refractivity contribution in [2.24, 2.45) is 5.73 Å². The van der Waals surface area contributed by atoms with Gasteiger partial charge in [0.1, 0.15) is 0 Å². The summed E-state index contributed by atoms with van der Waals surface area (Å²) in [5.41, 5.74) is 12.5. The molecule has 0 unspecified atom stereocenters. The maximum Gasteiger partial charge on any atom is 0.0449 e. The maximum absolute atomic E-state index is 5.49. The van der Waals surface area contributed by atoms with Crippen molar-refractivity contribution in [2.75, 3.05) is 5.73 Å². The fourth-order valence-electron chi connectivity index (χ4n) is 1.17. The minimum absolute atomic E-state index is 0.732. The number of nitrogen functional groups attached to an aromatic ring is 1. The second-order valence-electron chi connectivity index (χ2n) is 3.38. The molecular formula is C12H16N2S2. The van der Waals surface area contributed by atoms with Crippen LogP contribution in [0.5, 0.6) is 0 Å². The minimum Gasteiger partial charge on any atom is -0.398 e. The summed E-state index contributed by atoms with van der Waals surface area (Å²) in [7, 11) is 0. The van der Waals surface area contributed by atoms with Crippen molar-refractivity contribution in [3.63, 3.8) is 0 Å². The average Bonchev–Trinajstić information content (AvgIpc) is 2.28. The van der Waals surface area contributed by atoms with E-state index in [0.717, 1.165) is 34.0 Å². The van der Waals surface area contributed by atoms with Gasteiger partial charge in [-0.1, -0.05) is 24.3 Å². The molecule has 0 spiro atoms. The van der Waals surface area contributed by atoms with E-state index in [1.54, 1.807) is 0 Å². The van der Waals surface area contributed by atoms with Crippen molar-refractivity contribution in [2.45, 2.75) is 17.7 Å². The van der Waals surface area contributed by atoms with E-state index in [2.05, 4.69) is 25.3 Å². The van der Waals surface area contributed by atoms with Gasteiger partial charge in [-0.2, -0.15) is 0 Å². The summed E-state index contributed by atoms with van der Waals surface area (Å²) < 4.78 is 0. The summed E-state index contributed by atoms with van der Waals surface area (Å²) in [6, 6.07) is 7.47. The molecule has 2 nitrogen and oxygen atoms in total. The Labute approximate surface area is 107 Å². The van der Waals surface area contributed by atoms with Gasteiger partial charge in [0.25, 0.3) is 0 Å². The molecule has 0 heterocycles. The zero-order valence-corrected chi connectivity index (χ0v) is 10.7. The van der Waals surface area contributed by atoms with Gasteiger partial charge in [0, 0.05) is 21.2 Å².